The topological polar surface area (TPSA) is 6.48 Å². The van der Waals surface area contributed by atoms with Gasteiger partial charge < -0.3 is 9.80 Å². The van der Waals surface area contributed by atoms with Crippen LogP contribution in [0.1, 0.15) is 60.1 Å². The second-order valence-electron chi connectivity index (χ2n) is 17.2. The fourth-order valence-corrected chi connectivity index (χ4v) is 10.5. The van der Waals surface area contributed by atoms with Gasteiger partial charge in [0.15, 0.2) is 0 Å². The van der Waals surface area contributed by atoms with Crippen molar-refractivity contribution in [3.63, 3.8) is 0 Å². The molecule has 0 aromatic heterocycles. The first-order valence-corrected chi connectivity index (χ1v) is 20.9. The van der Waals surface area contributed by atoms with Crippen LogP contribution in [-0.4, -0.2) is 13.1 Å². The Morgan fingerprint density at radius 2 is 0.965 bits per heavy atom. The van der Waals surface area contributed by atoms with Gasteiger partial charge in [0.1, 0.15) is 0 Å². The number of benzene rings is 8. The minimum absolute atomic E-state index is 0.0929. The molecular weight excluding hydrogens is 689 g/mol. The van der Waals surface area contributed by atoms with Crippen molar-refractivity contribution in [2.45, 2.75) is 58.8 Å². The van der Waals surface area contributed by atoms with Crippen LogP contribution in [-0.2, 0) is 18.3 Å². The summed E-state index contributed by atoms with van der Waals surface area (Å²) >= 11 is 0. The molecule has 8 aromatic carbocycles. The van der Waals surface area contributed by atoms with Gasteiger partial charge in [-0.25, -0.2) is 0 Å². The van der Waals surface area contributed by atoms with E-state index in [1.807, 2.05) is 0 Å². The Morgan fingerprint density at radius 3 is 1.58 bits per heavy atom. The van der Waals surface area contributed by atoms with Crippen LogP contribution < -0.4 is 9.80 Å². The molecule has 0 atom stereocenters. The minimum atomic E-state index is -0.0929. The number of hydrogen-bond donors (Lipinski definition) is 0. The van der Waals surface area contributed by atoms with Gasteiger partial charge in [0.05, 0.1) is 0 Å². The van der Waals surface area contributed by atoms with E-state index in [9.17, 15) is 0 Å². The van der Waals surface area contributed by atoms with Crippen LogP contribution in [0.4, 0.5) is 22.7 Å². The summed E-state index contributed by atoms with van der Waals surface area (Å²) in [6.45, 7) is 11.3. The van der Waals surface area contributed by atoms with E-state index in [4.69, 9.17) is 0 Å². The Kier molecular flexibility index (Phi) is 7.77. The third kappa shape index (κ3) is 5.30. The standard InChI is InChI=1S/C55H48N2/c1-35-21-22-39(31-36(35)2)53-45-27-24-42(57-30-12-16-38-14-6-10-20-52(38)57)34-48(45)54(40-23-26-44-43-17-7-8-18-49(43)55(3,4)50(44)32-40)46-28-25-41(33-47(46)53)56-29-11-15-37-13-5-9-19-51(37)56/h5-10,13-14,17-28,31-34H,11-12,15-16,29-30H2,1-4H3. The van der Waals surface area contributed by atoms with E-state index in [1.165, 1.54) is 111 Å². The van der Waals surface area contributed by atoms with Gasteiger partial charge in [0.25, 0.3) is 0 Å². The number of para-hydroxylation sites is 2. The number of hydrogen-bond acceptors (Lipinski definition) is 2. The Morgan fingerprint density at radius 1 is 0.439 bits per heavy atom. The molecule has 278 valence electrons. The zero-order valence-electron chi connectivity index (χ0n) is 33.5. The third-order valence-corrected chi connectivity index (χ3v) is 13.6. The molecule has 0 radical (unpaired) electrons. The van der Waals surface area contributed by atoms with Gasteiger partial charge in [-0.2, -0.15) is 0 Å². The van der Waals surface area contributed by atoms with E-state index in [0.29, 0.717) is 0 Å². The molecule has 2 aliphatic heterocycles. The molecule has 0 fully saturated rings. The smallest absolute Gasteiger partial charge is 0.0443 e. The molecule has 0 N–H and O–H groups in total. The highest BCUT2D eigenvalue weighted by molar-refractivity contribution is 6.22. The average molecular weight is 737 g/mol. The number of anilines is 4. The van der Waals surface area contributed by atoms with Crippen molar-refractivity contribution in [3.05, 3.63) is 179 Å². The van der Waals surface area contributed by atoms with Crippen LogP contribution in [0.15, 0.2) is 146 Å². The predicted octanol–water partition coefficient (Wildman–Crippen LogP) is 14.4. The molecule has 2 heterocycles. The normalized spacial score (nSPS) is 15.4. The largest absolute Gasteiger partial charge is 0.341 e. The summed E-state index contributed by atoms with van der Waals surface area (Å²) in [5, 5.41) is 5.21. The highest BCUT2D eigenvalue weighted by atomic mass is 15.1. The Labute approximate surface area is 337 Å². The van der Waals surface area contributed by atoms with Crippen molar-refractivity contribution in [3.8, 4) is 33.4 Å². The first-order valence-electron chi connectivity index (χ1n) is 20.9. The van der Waals surface area contributed by atoms with E-state index >= 15 is 0 Å². The zero-order chi connectivity index (χ0) is 38.4. The van der Waals surface area contributed by atoms with Crippen molar-refractivity contribution < 1.29 is 0 Å². The number of fused-ring (bicyclic) bond motifs is 7. The lowest BCUT2D eigenvalue weighted by molar-refractivity contribution is 0.660. The first kappa shape index (κ1) is 34.2. The molecule has 57 heavy (non-hydrogen) atoms. The highest BCUT2D eigenvalue weighted by Gasteiger charge is 2.35. The summed E-state index contributed by atoms with van der Waals surface area (Å²) in [5.74, 6) is 0. The van der Waals surface area contributed by atoms with Gasteiger partial charge >= 0.3 is 0 Å². The van der Waals surface area contributed by atoms with Crippen molar-refractivity contribution in [1.29, 1.82) is 0 Å². The van der Waals surface area contributed by atoms with Crippen LogP contribution in [0, 0.1) is 13.8 Å². The molecule has 11 rings (SSSR count). The lowest BCUT2D eigenvalue weighted by Gasteiger charge is -2.32. The molecule has 1 aliphatic carbocycles. The zero-order valence-corrected chi connectivity index (χ0v) is 33.5. The van der Waals surface area contributed by atoms with E-state index < -0.39 is 0 Å². The van der Waals surface area contributed by atoms with Crippen LogP contribution in [0.5, 0.6) is 0 Å². The molecule has 8 aromatic rings. The van der Waals surface area contributed by atoms with Crippen molar-refractivity contribution in [2.24, 2.45) is 0 Å². The summed E-state index contributed by atoms with van der Waals surface area (Å²) < 4.78 is 0. The molecule has 0 saturated heterocycles. The number of nitrogens with zero attached hydrogens (tertiary/aromatic N) is 2. The number of rotatable bonds is 4. The summed E-state index contributed by atoms with van der Waals surface area (Å²) in [7, 11) is 0. The molecule has 0 unspecified atom stereocenters. The molecule has 0 spiro atoms. The molecule has 2 heteroatoms. The van der Waals surface area contributed by atoms with E-state index in [0.717, 1.165) is 38.8 Å². The van der Waals surface area contributed by atoms with Crippen molar-refractivity contribution >= 4 is 44.3 Å². The number of aryl methyl sites for hydroxylation is 4. The van der Waals surface area contributed by atoms with Gasteiger partial charge in [-0.3, -0.25) is 0 Å². The summed E-state index contributed by atoms with van der Waals surface area (Å²) in [4.78, 5) is 5.11. The van der Waals surface area contributed by atoms with Gasteiger partial charge in [-0.1, -0.05) is 117 Å². The Bertz CT molecular complexity index is 2930. The summed E-state index contributed by atoms with van der Waals surface area (Å²) in [6.07, 6.45) is 4.56. The van der Waals surface area contributed by atoms with Crippen molar-refractivity contribution in [1.82, 2.24) is 0 Å². The fraction of sp³-hybridized carbons (Fsp3) is 0.200. The fourth-order valence-electron chi connectivity index (χ4n) is 10.5. The van der Waals surface area contributed by atoms with Gasteiger partial charge in [0.2, 0.25) is 0 Å². The Hall–Kier alpha value is -6.12. The van der Waals surface area contributed by atoms with Gasteiger partial charge in [0, 0.05) is 41.3 Å². The van der Waals surface area contributed by atoms with Crippen LogP contribution in [0.2, 0.25) is 0 Å². The van der Waals surface area contributed by atoms with E-state index in [2.05, 4.69) is 183 Å². The maximum atomic E-state index is 2.56. The SMILES string of the molecule is Cc1ccc(-c2c3ccc(N4CCCc5ccccc54)cc3c(-c3ccc4c(c3)C(C)(C)c3ccccc3-4)c3ccc(N4CCCc5ccccc54)cc23)cc1C. The summed E-state index contributed by atoms with van der Waals surface area (Å²) in [5.41, 5.74) is 21.3. The van der Waals surface area contributed by atoms with Crippen LogP contribution >= 0.6 is 0 Å². The Balaban J connectivity index is 1.23. The van der Waals surface area contributed by atoms with Gasteiger partial charge in [-0.15, -0.1) is 0 Å². The minimum Gasteiger partial charge on any atom is -0.341 e. The maximum absolute atomic E-state index is 2.56. The second kappa shape index (κ2) is 13.0. The van der Waals surface area contributed by atoms with E-state index in [1.54, 1.807) is 0 Å². The van der Waals surface area contributed by atoms with Gasteiger partial charge in [-0.05, 0) is 170 Å². The second-order valence-corrected chi connectivity index (χ2v) is 17.2. The van der Waals surface area contributed by atoms with Crippen molar-refractivity contribution in [2.75, 3.05) is 22.9 Å². The quantitative estimate of drug-likeness (QED) is 0.166. The molecular formula is C55H48N2. The maximum Gasteiger partial charge on any atom is 0.0443 e. The lowest BCUT2D eigenvalue weighted by Crippen LogP contribution is -2.24. The average Bonchev–Trinajstić information content (AvgIpc) is 3.48. The molecule has 2 nitrogen and oxygen atoms in total. The highest BCUT2D eigenvalue weighted by Crippen LogP contribution is 2.52. The van der Waals surface area contributed by atoms with Crippen LogP contribution in [0.3, 0.4) is 0 Å². The monoisotopic (exact) mass is 736 g/mol. The first-order chi connectivity index (χ1) is 27.8. The molecule has 0 amide bonds. The predicted molar refractivity (Wildman–Crippen MR) is 243 cm³/mol. The summed E-state index contributed by atoms with van der Waals surface area (Å²) in [6, 6.07) is 56.0. The van der Waals surface area contributed by atoms with Crippen LogP contribution in [0.25, 0.3) is 54.9 Å². The lowest BCUT2D eigenvalue weighted by atomic mass is 9.80. The molecule has 0 bridgehead atoms. The van der Waals surface area contributed by atoms with E-state index in [-0.39, 0.29) is 5.41 Å². The molecule has 0 saturated carbocycles. The third-order valence-electron chi connectivity index (χ3n) is 13.6. The molecule has 3 aliphatic rings.